The van der Waals surface area contributed by atoms with Crippen molar-refractivity contribution in [1.29, 1.82) is 0 Å². The first-order chi connectivity index (χ1) is 21.5. The van der Waals surface area contributed by atoms with Crippen LogP contribution < -0.4 is 26.6 Å². The highest BCUT2D eigenvalue weighted by atomic mass is 16.2. The number of urea groups is 1. The molecule has 2 saturated heterocycles. The van der Waals surface area contributed by atoms with E-state index in [4.69, 9.17) is 0 Å². The Morgan fingerprint density at radius 1 is 0.844 bits per heavy atom. The number of hydrogen-bond acceptors (Lipinski definition) is 9. The Hall–Kier alpha value is -3.13. The Morgan fingerprint density at radius 3 is 1.87 bits per heavy atom. The first kappa shape index (κ1) is 34.7. The van der Waals surface area contributed by atoms with E-state index in [1.165, 1.54) is 6.92 Å². The number of nitrogens with zero attached hydrogens (tertiary/aromatic N) is 4. The van der Waals surface area contributed by atoms with Gasteiger partial charge in [0, 0.05) is 38.0 Å². The van der Waals surface area contributed by atoms with Crippen LogP contribution in [-0.2, 0) is 19.2 Å². The van der Waals surface area contributed by atoms with Gasteiger partial charge in [0.15, 0.2) is 5.78 Å². The Bertz CT molecular complexity index is 1090. The second kappa shape index (κ2) is 15.0. The third-order valence-corrected chi connectivity index (χ3v) is 10.5. The van der Waals surface area contributed by atoms with Crippen LogP contribution in [0.3, 0.4) is 0 Å². The highest BCUT2D eigenvalue weighted by molar-refractivity contribution is 6.17. The lowest BCUT2D eigenvalue weighted by Gasteiger charge is -2.57. The zero-order valence-corrected chi connectivity index (χ0v) is 27.6. The van der Waals surface area contributed by atoms with Gasteiger partial charge < -0.3 is 36.4 Å². The van der Waals surface area contributed by atoms with Crippen LogP contribution in [0.4, 0.5) is 4.79 Å². The van der Waals surface area contributed by atoms with Gasteiger partial charge in [-0.2, -0.15) is 10.2 Å². The van der Waals surface area contributed by atoms with Crippen LogP contribution in [0.5, 0.6) is 0 Å². The van der Waals surface area contributed by atoms with Crippen molar-refractivity contribution in [3.63, 3.8) is 0 Å². The second-order valence-corrected chi connectivity index (χ2v) is 13.0. The lowest BCUT2D eigenvalue weighted by Crippen LogP contribution is -2.85. The monoisotopic (exact) mass is 631 g/mol. The molecule has 4 rings (SSSR count). The highest BCUT2D eigenvalue weighted by Crippen LogP contribution is 2.48. The van der Waals surface area contributed by atoms with Crippen molar-refractivity contribution in [2.45, 2.75) is 102 Å². The van der Waals surface area contributed by atoms with Gasteiger partial charge in [0.1, 0.15) is 0 Å². The van der Waals surface area contributed by atoms with Gasteiger partial charge in [0.05, 0.1) is 23.7 Å². The van der Waals surface area contributed by atoms with E-state index in [2.05, 4.69) is 74.3 Å². The molecule has 0 radical (unpaired) electrons. The Labute approximate surface area is 266 Å². The number of azo groups is 1. The van der Waals surface area contributed by atoms with Gasteiger partial charge in [0.2, 0.25) is 17.4 Å². The molecule has 6 atom stereocenters. The quantitative estimate of drug-likeness (QED) is 0.0997. The molecule has 0 bridgehead atoms. The molecule has 1 spiro atoms. The number of amides is 5. The van der Waals surface area contributed by atoms with Crippen LogP contribution in [0.15, 0.2) is 10.2 Å². The fraction of sp³-hybridized carbons (Fsp3) is 0.839. The predicted octanol–water partition coefficient (Wildman–Crippen LogP) is 0.570. The molecule has 2 aliphatic carbocycles. The van der Waals surface area contributed by atoms with Gasteiger partial charge in [0.25, 0.3) is 5.91 Å². The summed E-state index contributed by atoms with van der Waals surface area (Å²) in [6, 6.07) is -1.07. The smallest absolute Gasteiger partial charge is 0.315 e. The number of likely N-dealkylation sites (N-methyl/N-ethyl adjacent to an activating group) is 2. The van der Waals surface area contributed by atoms with Crippen molar-refractivity contribution >= 4 is 29.5 Å². The van der Waals surface area contributed by atoms with E-state index in [1.807, 2.05) is 0 Å². The molecule has 0 aromatic rings. The summed E-state index contributed by atoms with van der Waals surface area (Å²) in [5, 5.41) is 24.0. The molecule has 5 amide bonds. The zero-order chi connectivity index (χ0) is 32.8. The minimum atomic E-state index is -1.70. The number of ketones is 1. The highest BCUT2D eigenvalue weighted by Gasteiger charge is 2.72. The molecule has 252 valence electrons. The van der Waals surface area contributed by atoms with Crippen LogP contribution in [0.2, 0.25) is 0 Å². The second-order valence-electron chi connectivity index (χ2n) is 13.0. The number of fused-ring (bicyclic) bond motifs is 1. The largest absolute Gasteiger partial charge is 0.355 e. The molecule has 14 heteroatoms. The fourth-order valence-corrected chi connectivity index (χ4v) is 7.65. The van der Waals surface area contributed by atoms with Crippen molar-refractivity contribution in [3.05, 3.63) is 0 Å². The van der Waals surface area contributed by atoms with Crippen LogP contribution >= 0.6 is 0 Å². The van der Waals surface area contributed by atoms with Crippen molar-refractivity contribution < 1.29 is 24.0 Å². The normalized spacial score (nSPS) is 32.6. The van der Waals surface area contributed by atoms with Gasteiger partial charge >= 0.3 is 6.03 Å². The number of carbonyl (C=O) groups is 5. The first-order valence-corrected chi connectivity index (χ1v) is 16.8. The maximum Gasteiger partial charge on any atom is 0.315 e. The summed E-state index contributed by atoms with van der Waals surface area (Å²) in [5.74, 6) is -2.05. The average Bonchev–Trinajstić information content (AvgIpc) is 3.40. The fourth-order valence-electron chi connectivity index (χ4n) is 7.65. The van der Waals surface area contributed by atoms with E-state index in [0.29, 0.717) is 51.6 Å². The average molecular weight is 632 g/mol. The van der Waals surface area contributed by atoms with Crippen LogP contribution in [0.25, 0.3) is 0 Å². The third-order valence-electron chi connectivity index (χ3n) is 10.5. The number of nitrogens with one attached hydrogen (secondary N) is 5. The summed E-state index contributed by atoms with van der Waals surface area (Å²) in [5.41, 5.74) is -2.65. The topological polar surface area (TPSA) is 177 Å². The number of Topliss-reactive ketones (excluding diaryl/α,β-unsaturated/α-hetero) is 1. The van der Waals surface area contributed by atoms with Gasteiger partial charge in [-0.05, 0) is 71.6 Å². The molecule has 6 unspecified atom stereocenters. The predicted molar refractivity (Wildman–Crippen MR) is 168 cm³/mol. The van der Waals surface area contributed by atoms with E-state index in [0.717, 1.165) is 39.3 Å². The number of hydrogen-bond donors (Lipinski definition) is 5. The van der Waals surface area contributed by atoms with E-state index in [-0.39, 0.29) is 29.9 Å². The molecule has 0 aromatic heterocycles. The SMILES string of the molecule is CCN(CC)CCNC(=O)C1CC(N=NC2(C(C)=O)C(=O)NC23CCC2NC(=O)NC2C3)CC(C(=O)NCCN(CC)CC)C1. The maximum absolute atomic E-state index is 13.4. The number of rotatable bonds is 15. The Morgan fingerprint density at radius 2 is 1.38 bits per heavy atom. The van der Waals surface area contributed by atoms with Gasteiger partial charge in [-0.25, -0.2) is 4.79 Å². The first-order valence-electron chi connectivity index (χ1n) is 16.8. The van der Waals surface area contributed by atoms with Crippen LogP contribution in [0, 0.1) is 11.8 Å². The van der Waals surface area contributed by atoms with Crippen molar-refractivity contribution in [2.24, 2.45) is 22.1 Å². The van der Waals surface area contributed by atoms with Crippen LogP contribution in [-0.4, -0.2) is 121 Å². The molecular formula is C31H53N9O5. The summed E-state index contributed by atoms with van der Waals surface area (Å²) in [6.07, 6.45) is 2.57. The molecule has 45 heavy (non-hydrogen) atoms. The molecule has 2 saturated carbocycles. The standard InChI is InChI=1S/C31H53N9O5/c1-6-39(7-2)14-12-32-26(42)21-16-22(27(43)33-13-15-40(8-3)9-4)18-23(17-21)37-38-31(20(5)41)28(44)36-30(31)11-10-24-25(19-30)35-29(45)34-24/h21-25H,6-19H2,1-5H3,(H,32,42)(H,33,43)(H,36,44)(H2,34,35,45). The molecule has 2 aliphatic heterocycles. The lowest BCUT2D eigenvalue weighted by molar-refractivity contribution is -0.156. The molecule has 5 N–H and O–H groups in total. The van der Waals surface area contributed by atoms with Crippen LogP contribution in [0.1, 0.15) is 73.1 Å². The molecule has 2 heterocycles. The van der Waals surface area contributed by atoms with Crippen molar-refractivity contribution in [3.8, 4) is 0 Å². The summed E-state index contributed by atoms with van der Waals surface area (Å²) in [4.78, 5) is 69.5. The van der Waals surface area contributed by atoms with E-state index in [9.17, 15) is 24.0 Å². The summed E-state index contributed by atoms with van der Waals surface area (Å²) in [6.45, 7) is 15.7. The minimum absolute atomic E-state index is 0.0671. The van der Waals surface area contributed by atoms with Gasteiger partial charge in [-0.1, -0.05) is 27.7 Å². The van der Waals surface area contributed by atoms with Gasteiger partial charge in [-0.3, -0.25) is 19.2 Å². The summed E-state index contributed by atoms with van der Waals surface area (Å²) in [7, 11) is 0. The van der Waals surface area contributed by atoms with E-state index < -0.39 is 40.6 Å². The molecule has 14 nitrogen and oxygen atoms in total. The van der Waals surface area contributed by atoms with E-state index >= 15 is 0 Å². The van der Waals surface area contributed by atoms with E-state index in [1.54, 1.807) is 0 Å². The maximum atomic E-state index is 13.4. The lowest BCUT2D eigenvalue weighted by atomic mass is 9.58. The number of carbonyl (C=O) groups excluding carboxylic acids is 5. The third kappa shape index (κ3) is 7.32. The molecule has 0 aromatic carbocycles. The van der Waals surface area contributed by atoms with Crippen molar-refractivity contribution in [2.75, 3.05) is 52.4 Å². The molecule has 4 fully saturated rings. The molecular weight excluding hydrogens is 578 g/mol. The zero-order valence-electron chi connectivity index (χ0n) is 27.6. The summed E-state index contributed by atoms with van der Waals surface area (Å²) >= 11 is 0. The Balaban J connectivity index is 1.50. The van der Waals surface area contributed by atoms with Crippen molar-refractivity contribution in [1.82, 2.24) is 36.4 Å². The minimum Gasteiger partial charge on any atom is -0.355 e. The number of β-lactam (4-membered cyclic amide) rings is 1. The summed E-state index contributed by atoms with van der Waals surface area (Å²) < 4.78 is 0. The van der Waals surface area contributed by atoms with Gasteiger partial charge in [-0.15, -0.1) is 0 Å². The molecule has 4 aliphatic rings. The Kier molecular flexibility index (Phi) is 11.6.